The van der Waals surface area contributed by atoms with Gasteiger partial charge in [0.2, 0.25) is 0 Å². The van der Waals surface area contributed by atoms with E-state index in [2.05, 4.69) is 0 Å². The minimum absolute atomic E-state index is 0.0600. The predicted octanol–water partition coefficient (Wildman–Crippen LogP) is 1.78. The van der Waals surface area contributed by atoms with Crippen molar-refractivity contribution in [2.45, 2.75) is 26.5 Å². The second-order valence-corrected chi connectivity index (χ2v) is 3.96. The first-order valence-electron chi connectivity index (χ1n) is 5.69. The van der Waals surface area contributed by atoms with E-state index in [1.54, 1.807) is 37.1 Å². The highest BCUT2D eigenvalue weighted by molar-refractivity contribution is 5.80. The van der Waals surface area contributed by atoms with E-state index in [4.69, 9.17) is 4.74 Å². The summed E-state index contributed by atoms with van der Waals surface area (Å²) in [4.78, 5) is 13.5. The monoisotopic (exact) mass is 237 g/mol. The number of carbonyl (C=O) groups is 1. The second kappa shape index (κ2) is 6.25. The summed E-state index contributed by atoms with van der Waals surface area (Å²) in [6.45, 7) is 4.58. The predicted molar refractivity (Wildman–Crippen MR) is 65.7 cm³/mol. The van der Waals surface area contributed by atoms with Crippen molar-refractivity contribution in [3.05, 3.63) is 29.8 Å². The van der Waals surface area contributed by atoms with Gasteiger partial charge in [-0.2, -0.15) is 0 Å². The third kappa shape index (κ3) is 4.07. The van der Waals surface area contributed by atoms with Crippen LogP contribution >= 0.6 is 0 Å². The fourth-order valence-corrected chi connectivity index (χ4v) is 1.64. The number of phenols is 1. The molecule has 1 aromatic rings. The number of likely N-dealkylation sites (N-methyl/N-ethyl adjacent to an activating group) is 1. The SMILES string of the molecule is CCO[C@@H](C)C(=O)N(C)Cc1cccc(O)c1. The van der Waals surface area contributed by atoms with Crippen molar-refractivity contribution in [1.29, 1.82) is 0 Å². The van der Waals surface area contributed by atoms with Gasteiger partial charge in [0, 0.05) is 20.2 Å². The fraction of sp³-hybridized carbons (Fsp3) is 0.462. The van der Waals surface area contributed by atoms with Gasteiger partial charge in [0.1, 0.15) is 11.9 Å². The quantitative estimate of drug-likeness (QED) is 0.849. The highest BCUT2D eigenvalue weighted by atomic mass is 16.5. The second-order valence-electron chi connectivity index (χ2n) is 3.96. The Kier molecular flexibility index (Phi) is 4.97. The van der Waals surface area contributed by atoms with Gasteiger partial charge in [-0.15, -0.1) is 0 Å². The summed E-state index contributed by atoms with van der Waals surface area (Å²) < 4.78 is 5.25. The molecule has 4 heteroatoms. The number of carbonyl (C=O) groups excluding carboxylic acids is 1. The van der Waals surface area contributed by atoms with Gasteiger partial charge in [0.15, 0.2) is 0 Å². The van der Waals surface area contributed by atoms with Crippen molar-refractivity contribution in [3.63, 3.8) is 0 Å². The van der Waals surface area contributed by atoms with E-state index in [9.17, 15) is 9.90 Å². The van der Waals surface area contributed by atoms with E-state index in [0.717, 1.165) is 5.56 Å². The summed E-state index contributed by atoms with van der Waals surface area (Å²) in [7, 11) is 1.72. The normalized spacial score (nSPS) is 12.2. The van der Waals surface area contributed by atoms with Crippen LogP contribution < -0.4 is 0 Å². The van der Waals surface area contributed by atoms with E-state index >= 15 is 0 Å². The number of benzene rings is 1. The average Bonchev–Trinajstić information content (AvgIpc) is 2.28. The molecule has 0 saturated heterocycles. The summed E-state index contributed by atoms with van der Waals surface area (Å²) in [6.07, 6.45) is -0.428. The summed E-state index contributed by atoms with van der Waals surface area (Å²) in [6, 6.07) is 6.88. The summed E-state index contributed by atoms with van der Waals surface area (Å²) in [5.74, 6) is 0.149. The molecule has 0 aliphatic carbocycles. The zero-order valence-electron chi connectivity index (χ0n) is 10.5. The van der Waals surface area contributed by atoms with Crippen LogP contribution in [0, 0.1) is 0 Å². The molecule has 4 nitrogen and oxygen atoms in total. The molecule has 0 heterocycles. The molecule has 17 heavy (non-hydrogen) atoms. The lowest BCUT2D eigenvalue weighted by Crippen LogP contribution is -2.35. The first-order chi connectivity index (χ1) is 8.04. The van der Waals surface area contributed by atoms with Gasteiger partial charge in [-0.25, -0.2) is 0 Å². The van der Waals surface area contributed by atoms with E-state index in [1.165, 1.54) is 0 Å². The number of hydrogen-bond donors (Lipinski definition) is 1. The lowest BCUT2D eigenvalue weighted by atomic mass is 10.2. The van der Waals surface area contributed by atoms with Crippen LogP contribution in [0.5, 0.6) is 5.75 Å². The summed E-state index contributed by atoms with van der Waals surface area (Å²) in [5, 5.41) is 9.33. The maximum atomic E-state index is 11.9. The van der Waals surface area contributed by atoms with Gasteiger partial charge < -0.3 is 14.7 Å². The minimum Gasteiger partial charge on any atom is -0.508 e. The molecule has 0 aliphatic rings. The van der Waals surface area contributed by atoms with Crippen LogP contribution in [0.25, 0.3) is 0 Å². The minimum atomic E-state index is -0.428. The maximum Gasteiger partial charge on any atom is 0.251 e. The molecule has 1 N–H and O–H groups in total. The number of ether oxygens (including phenoxy) is 1. The number of nitrogens with zero attached hydrogens (tertiary/aromatic N) is 1. The van der Waals surface area contributed by atoms with Gasteiger partial charge in [0.05, 0.1) is 0 Å². The molecule has 0 bridgehead atoms. The molecule has 1 rings (SSSR count). The lowest BCUT2D eigenvalue weighted by Gasteiger charge is -2.21. The Morgan fingerprint density at radius 2 is 2.24 bits per heavy atom. The third-order valence-corrected chi connectivity index (χ3v) is 2.47. The van der Waals surface area contributed by atoms with Crippen molar-refractivity contribution >= 4 is 5.91 Å². The average molecular weight is 237 g/mol. The van der Waals surface area contributed by atoms with Crippen LogP contribution in [0.15, 0.2) is 24.3 Å². The molecule has 0 saturated carbocycles. The first kappa shape index (κ1) is 13.5. The van der Waals surface area contributed by atoms with Crippen LogP contribution in [0.3, 0.4) is 0 Å². The number of phenolic OH excluding ortho intramolecular Hbond substituents is 1. The van der Waals surface area contributed by atoms with Crippen LogP contribution in [0.4, 0.5) is 0 Å². The highest BCUT2D eigenvalue weighted by Crippen LogP contribution is 2.13. The largest absolute Gasteiger partial charge is 0.508 e. The van der Waals surface area contributed by atoms with Crippen molar-refractivity contribution < 1.29 is 14.6 Å². The Labute approximate surface area is 102 Å². The number of hydrogen-bond acceptors (Lipinski definition) is 3. The molecule has 0 aliphatic heterocycles. The van der Waals surface area contributed by atoms with Gasteiger partial charge >= 0.3 is 0 Å². The van der Waals surface area contributed by atoms with Crippen molar-refractivity contribution in [2.75, 3.05) is 13.7 Å². The number of aromatic hydroxyl groups is 1. The summed E-state index contributed by atoms with van der Waals surface area (Å²) >= 11 is 0. The Morgan fingerprint density at radius 1 is 1.53 bits per heavy atom. The highest BCUT2D eigenvalue weighted by Gasteiger charge is 2.17. The molecule has 1 amide bonds. The summed E-state index contributed by atoms with van der Waals surface area (Å²) in [5.41, 5.74) is 0.893. The topological polar surface area (TPSA) is 49.8 Å². The standard InChI is InChI=1S/C13H19NO3/c1-4-17-10(2)13(16)14(3)9-11-6-5-7-12(15)8-11/h5-8,10,15H,4,9H2,1-3H3/t10-/m0/s1. The van der Waals surface area contributed by atoms with E-state index in [1.807, 2.05) is 13.0 Å². The van der Waals surface area contributed by atoms with Crippen LogP contribution in [-0.4, -0.2) is 35.7 Å². The smallest absolute Gasteiger partial charge is 0.251 e. The Balaban J connectivity index is 2.59. The molecule has 1 aromatic carbocycles. The molecule has 0 fully saturated rings. The fourth-order valence-electron chi connectivity index (χ4n) is 1.64. The van der Waals surface area contributed by atoms with E-state index in [0.29, 0.717) is 13.2 Å². The molecular weight excluding hydrogens is 218 g/mol. The van der Waals surface area contributed by atoms with Crippen molar-refractivity contribution in [3.8, 4) is 5.75 Å². The van der Waals surface area contributed by atoms with Gasteiger partial charge in [0.25, 0.3) is 5.91 Å². The van der Waals surface area contributed by atoms with Crippen LogP contribution in [0.1, 0.15) is 19.4 Å². The molecular formula is C13H19NO3. The third-order valence-electron chi connectivity index (χ3n) is 2.47. The first-order valence-corrected chi connectivity index (χ1v) is 5.69. The molecule has 0 spiro atoms. The number of rotatable bonds is 5. The van der Waals surface area contributed by atoms with Gasteiger partial charge in [-0.05, 0) is 31.5 Å². The van der Waals surface area contributed by atoms with Crippen LogP contribution in [0.2, 0.25) is 0 Å². The van der Waals surface area contributed by atoms with Crippen molar-refractivity contribution in [2.24, 2.45) is 0 Å². The molecule has 94 valence electrons. The molecule has 1 atom stereocenters. The Hall–Kier alpha value is -1.55. The lowest BCUT2D eigenvalue weighted by molar-refractivity contribution is -0.141. The zero-order valence-corrected chi connectivity index (χ0v) is 10.5. The molecule has 0 unspecified atom stereocenters. The molecule has 0 aromatic heterocycles. The van der Waals surface area contributed by atoms with E-state index < -0.39 is 6.10 Å². The van der Waals surface area contributed by atoms with E-state index in [-0.39, 0.29) is 11.7 Å². The molecule has 0 radical (unpaired) electrons. The Bertz CT molecular complexity index is 379. The van der Waals surface area contributed by atoms with Gasteiger partial charge in [-0.1, -0.05) is 12.1 Å². The zero-order chi connectivity index (χ0) is 12.8. The van der Waals surface area contributed by atoms with Gasteiger partial charge in [-0.3, -0.25) is 4.79 Å². The van der Waals surface area contributed by atoms with Crippen LogP contribution in [-0.2, 0) is 16.1 Å². The van der Waals surface area contributed by atoms with Crippen molar-refractivity contribution in [1.82, 2.24) is 4.90 Å². The number of amides is 1. The Morgan fingerprint density at radius 3 is 2.82 bits per heavy atom. The maximum absolute atomic E-state index is 11.9.